The molecule has 0 aliphatic carbocycles. The quantitative estimate of drug-likeness (QED) is 0.601. The SMILES string of the molecule is N#CCSC1=N/C(=C\c2ccc(Cl)cc2)C(=O)N1c1cccc(Cl)c1Cl. The molecule has 0 N–H and O–H groups in total. The van der Waals surface area contributed by atoms with Crippen molar-refractivity contribution in [3.05, 3.63) is 68.8 Å². The van der Waals surface area contributed by atoms with Crippen molar-refractivity contribution in [1.29, 1.82) is 5.26 Å². The number of aliphatic imine (C=N–C) groups is 1. The largest absolute Gasteiger partial charge is 0.283 e. The highest BCUT2D eigenvalue weighted by molar-refractivity contribution is 8.14. The average molecular weight is 423 g/mol. The monoisotopic (exact) mass is 421 g/mol. The number of hydrogen-bond acceptors (Lipinski definition) is 4. The van der Waals surface area contributed by atoms with Crippen molar-refractivity contribution in [3.63, 3.8) is 0 Å². The van der Waals surface area contributed by atoms with Crippen molar-refractivity contribution >= 4 is 69.4 Å². The predicted octanol–water partition coefficient (Wildman–Crippen LogP) is 5.65. The first-order chi connectivity index (χ1) is 12.5. The van der Waals surface area contributed by atoms with E-state index < -0.39 is 0 Å². The van der Waals surface area contributed by atoms with E-state index in [0.29, 0.717) is 20.9 Å². The molecule has 2 aromatic carbocycles. The second-order valence-corrected chi connectivity index (χ2v) is 7.30. The minimum Gasteiger partial charge on any atom is -0.266 e. The van der Waals surface area contributed by atoms with Crippen molar-refractivity contribution in [1.82, 2.24) is 0 Å². The van der Waals surface area contributed by atoms with Crippen LogP contribution in [0.3, 0.4) is 0 Å². The molecule has 0 atom stereocenters. The molecular formula is C18H10Cl3N3OS. The highest BCUT2D eigenvalue weighted by Crippen LogP contribution is 2.37. The second-order valence-electron chi connectivity index (χ2n) is 5.14. The molecule has 0 radical (unpaired) electrons. The van der Waals surface area contributed by atoms with Crippen LogP contribution in [0.2, 0.25) is 15.1 Å². The van der Waals surface area contributed by atoms with Gasteiger partial charge in [-0.1, -0.05) is 64.8 Å². The highest BCUT2D eigenvalue weighted by Gasteiger charge is 2.33. The van der Waals surface area contributed by atoms with Gasteiger partial charge in [0.15, 0.2) is 5.17 Å². The Morgan fingerprint density at radius 2 is 1.88 bits per heavy atom. The minimum atomic E-state index is -0.343. The smallest absolute Gasteiger partial charge is 0.266 e. The van der Waals surface area contributed by atoms with Crippen LogP contribution >= 0.6 is 46.6 Å². The molecule has 130 valence electrons. The molecule has 0 aromatic heterocycles. The summed E-state index contributed by atoms with van der Waals surface area (Å²) in [6, 6.07) is 14.1. The molecule has 8 heteroatoms. The number of amidine groups is 1. The molecule has 4 nitrogen and oxygen atoms in total. The molecule has 0 saturated heterocycles. The van der Waals surface area contributed by atoms with Gasteiger partial charge < -0.3 is 0 Å². The molecule has 0 unspecified atom stereocenters. The van der Waals surface area contributed by atoms with Gasteiger partial charge in [0.1, 0.15) is 5.70 Å². The lowest BCUT2D eigenvalue weighted by Gasteiger charge is -2.19. The van der Waals surface area contributed by atoms with E-state index in [4.69, 9.17) is 40.1 Å². The Balaban J connectivity index is 2.03. The van der Waals surface area contributed by atoms with E-state index in [0.717, 1.165) is 17.3 Å². The Labute approximate surface area is 169 Å². The van der Waals surface area contributed by atoms with Crippen LogP contribution in [0.1, 0.15) is 5.56 Å². The molecule has 0 bridgehead atoms. The topological polar surface area (TPSA) is 56.5 Å². The molecule has 1 aliphatic heterocycles. The standard InChI is InChI=1S/C18H10Cl3N3OS/c19-12-6-4-11(5-7-12)10-14-17(25)24(18(23-14)26-9-8-22)15-3-1-2-13(20)16(15)21/h1-7,10H,9H2/b14-10-. The Morgan fingerprint density at radius 1 is 1.15 bits per heavy atom. The molecule has 3 rings (SSSR count). The number of hydrogen-bond donors (Lipinski definition) is 0. The zero-order valence-electron chi connectivity index (χ0n) is 13.1. The number of anilines is 1. The number of rotatable bonds is 3. The van der Waals surface area contributed by atoms with Crippen molar-refractivity contribution in [2.24, 2.45) is 4.99 Å². The van der Waals surface area contributed by atoms with Gasteiger partial charge in [0.05, 0.1) is 27.6 Å². The molecule has 0 fully saturated rings. The van der Waals surface area contributed by atoms with Crippen molar-refractivity contribution in [2.45, 2.75) is 0 Å². The number of benzene rings is 2. The van der Waals surface area contributed by atoms with Gasteiger partial charge in [-0.3, -0.25) is 9.69 Å². The Kier molecular flexibility index (Phi) is 5.90. The Hall–Kier alpha value is -1.97. The van der Waals surface area contributed by atoms with Crippen molar-refractivity contribution in [2.75, 3.05) is 10.7 Å². The lowest BCUT2D eigenvalue weighted by molar-refractivity contribution is -0.113. The van der Waals surface area contributed by atoms with E-state index in [1.165, 1.54) is 4.90 Å². The number of amides is 1. The summed E-state index contributed by atoms with van der Waals surface area (Å²) in [4.78, 5) is 18.7. The van der Waals surface area contributed by atoms with Crippen LogP contribution < -0.4 is 4.90 Å². The predicted molar refractivity (Wildman–Crippen MR) is 109 cm³/mol. The van der Waals surface area contributed by atoms with E-state index in [1.807, 2.05) is 6.07 Å². The summed E-state index contributed by atoms with van der Waals surface area (Å²) in [5.41, 5.74) is 1.45. The van der Waals surface area contributed by atoms with Gasteiger partial charge in [0, 0.05) is 5.02 Å². The van der Waals surface area contributed by atoms with E-state index in [1.54, 1.807) is 48.5 Å². The minimum absolute atomic E-state index is 0.148. The van der Waals surface area contributed by atoms with Gasteiger partial charge in [-0.05, 0) is 35.9 Å². The zero-order valence-corrected chi connectivity index (χ0v) is 16.2. The molecule has 26 heavy (non-hydrogen) atoms. The third kappa shape index (κ3) is 3.89. The normalized spacial score (nSPS) is 15.3. The van der Waals surface area contributed by atoms with Crippen molar-refractivity contribution < 1.29 is 4.79 Å². The Morgan fingerprint density at radius 3 is 2.58 bits per heavy atom. The number of nitriles is 1. The maximum Gasteiger partial charge on any atom is 0.283 e. The molecular weight excluding hydrogens is 413 g/mol. The molecule has 0 saturated carbocycles. The van der Waals surface area contributed by atoms with Crippen LogP contribution in [0.5, 0.6) is 0 Å². The lowest BCUT2D eigenvalue weighted by Crippen LogP contribution is -2.30. The number of carbonyl (C=O) groups excluding carboxylic acids is 1. The molecule has 1 aliphatic rings. The van der Waals surface area contributed by atoms with Crippen LogP contribution in [0, 0.1) is 11.3 Å². The van der Waals surface area contributed by atoms with Gasteiger partial charge in [0.2, 0.25) is 0 Å². The van der Waals surface area contributed by atoms with E-state index >= 15 is 0 Å². The third-order valence-electron chi connectivity index (χ3n) is 3.44. The molecule has 0 spiro atoms. The second kappa shape index (κ2) is 8.15. The summed E-state index contributed by atoms with van der Waals surface area (Å²) in [6.45, 7) is 0. The van der Waals surface area contributed by atoms with Crippen LogP contribution in [-0.4, -0.2) is 16.8 Å². The molecule has 1 amide bonds. The first kappa shape index (κ1) is 18.8. The summed E-state index contributed by atoms with van der Waals surface area (Å²) in [5, 5.41) is 10.4. The summed E-state index contributed by atoms with van der Waals surface area (Å²) in [5.74, 6) is -0.195. The van der Waals surface area contributed by atoms with Gasteiger partial charge in [-0.25, -0.2) is 4.99 Å². The maximum absolute atomic E-state index is 12.9. The first-order valence-electron chi connectivity index (χ1n) is 7.35. The van der Waals surface area contributed by atoms with E-state index in [2.05, 4.69) is 4.99 Å². The Bertz CT molecular complexity index is 965. The number of nitrogens with zero attached hydrogens (tertiary/aromatic N) is 3. The third-order valence-corrected chi connectivity index (χ3v) is 5.31. The first-order valence-corrected chi connectivity index (χ1v) is 9.47. The lowest BCUT2D eigenvalue weighted by atomic mass is 10.2. The molecule has 1 heterocycles. The molecule has 2 aromatic rings. The van der Waals surface area contributed by atoms with Crippen LogP contribution in [0.15, 0.2) is 53.2 Å². The van der Waals surface area contributed by atoms with E-state index in [-0.39, 0.29) is 22.4 Å². The fourth-order valence-electron chi connectivity index (χ4n) is 2.28. The summed E-state index contributed by atoms with van der Waals surface area (Å²) in [7, 11) is 0. The van der Waals surface area contributed by atoms with Gasteiger partial charge in [0.25, 0.3) is 5.91 Å². The summed E-state index contributed by atoms with van der Waals surface area (Å²) >= 11 is 19.4. The summed E-state index contributed by atoms with van der Waals surface area (Å²) < 4.78 is 0. The number of halogens is 3. The zero-order chi connectivity index (χ0) is 18.7. The summed E-state index contributed by atoms with van der Waals surface area (Å²) in [6.07, 6.45) is 1.66. The van der Waals surface area contributed by atoms with Gasteiger partial charge in [-0.2, -0.15) is 5.26 Å². The van der Waals surface area contributed by atoms with Crippen molar-refractivity contribution in [3.8, 4) is 6.07 Å². The fraction of sp³-hybridized carbons (Fsp3) is 0.0556. The van der Waals surface area contributed by atoms with Gasteiger partial charge >= 0.3 is 0 Å². The van der Waals surface area contributed by atoms with E-state index in [9.17, 15) is 4.79 Å². The van der Waals surface area contributed by atoms with Crippen LogP contribution in [0.4, 0.5) is 5.69 Å². The average Bonchev–Trinajstić information content (AvgIpc) is 2.93. The fourth-order valence-corrected chi connectivity index (χ4v) is 3.46. The van der Waals surface area contributed by atoms with Gasteiger partial charge in [-0.15, -0.1) is 0 Å². The van der Waals surface area contributed by atoms with Crippen LogP contribution in [0.25, 0.3) is 6.08 Å². The number of thioether (sulfide) groups is 1. The highest BCUT2D eigenvalue weighted by atomic mass is 35.5. The maximum atomic E-state index is 12.9. The van der Waals surface area contributed by atoms with Crippen LogP contribution in [-0.2, 0) is 4.79 Å². The number of carbonyl (C=O) groups is 1.